The Bertz CT molecular complexity index is 766. The van der Waals surface area contributed by atoms with Crippen molar-refractivity contribution in [3.63, 3.8) is 0 Å². The van der Waals surface area contributed by atoms with Gasteiger partial charge in [-0.05, 0) is 75.5 Å². The molecule has 0 atom stereocenters. The molecule has 2 N–H and O–H groups in total. The lowest BCUT2D eigenvalue weighted by Crippen LogP contribution is -2.10. The summed E-state index contributed by atoms with van der Waals surface area (Å²) in [5.74, 6) is 0.342. The molecule has 22 heavy (non-hydrogen) atoms. The normalized spacial score (nSPS) is 14.9. The molecular formula is C18H17IN2O. The number of aromatic hydroxyl groups is 1. The second-order valence-electron chi connectivity index (χ2n) is 5.37. The van der Waals surface area contributed by atoms with Crippen LogP contribution in [0.1, 0.15) is 22.3 Å². The summed E-state index contributed by atoms with van der Waals surface area (Å²) in [5.41, 5.74) is 5.54. The van der Waals surface area contributed by atoms with Crippen LogP contribution < -0.4 is 5.32 Å². The Labute approximate surface area is 143 Å². The van der Waals surface area contributed by atoms with Gasteiger partial charge in [0.25, 0.3) is 0 Å². The van der Waals surface area contributed by atoms with Gasteiger partial charge in [-0.25, -0.2) is 0 Å². The summed E-state index contributed by atoms with van der Waals surface area (Å²) in [7, 11) is 0. The first kappa shape index (κ1) is 15.1. The van der Waals surface area contributed by atoms with E-state index in [0.717, 1.165) is 16.7 Å². The molecule has 0 radical (unpaired) electrons. The molecule has 3 rings (SSSR count). The summed E-state index contributed by atoms with van der Waals surface area (Å²) in [5, 5.41) is 13.1. The predicted molar refractivity (Wildman–Crippen MR) is 99.3 cm³/mol. The van der Waals surface area contributed by atoms with Gasteiger partial charge in [0.2, 0.25) is 0 Å². The number of aliphatic imine (C=N–C) groups is 1. The van der Waals surface area contributed by atoms with Crippen LogP contribution >= 0.6 is 22.6 Å². The highest BCUT2D eigenvalue weighted by Crippen LogP contribution is 2.24. The molecular weight excluding hydrogens is 387 g/mol. The molecule has 0 aromatic heterocycles. The molecule has 1 aliphatic heterocycles. The zero-order valence-corrected chi connectivity index (χ0v) is 14.5. The van der Waals surface area contributed by atoms with Crippen LogP contribution in [0.15, 0.2) is 47.6 Å². The molecule has 1 aliphatic rings. The smallest absolute Gasteiger partial charge is 0.118 e. The monoisotopic (exact) mass is 404 g/mol. The molecule has 0 saturated carbocycles. The van der Waals surface area contributed by atoms with Crippen LogP contribution in [0.5, 0.6) is 5.75 Å². The van der Waals surface area contributed by atoms with Gasteiger partial charge in [0.1, 0.15) is 5.75 Å². The quantitative estimate of drug-likeness (QED) is 0.764. The van der Waals surface area contributed by atoms with Crippen LogP contribution in [0.4, 0.5) is 0 Å². The van der Waals surface area contributed by atoms with Crippen molar-refractivity contribution in [2.45, 2.75) is 13.5 Å². The van der Waals surface area contributed by atoms with Gasteiger partial charge in [0, 0.05) is 22.5 Å². The predicted octanol–water partition coefficient (Wildman–Crippen LogP) is 3.87. The summed E-state index contributed by atoms with van der Waals surface area (Å²) in [6, 6.07) is 12.1. The van der Waals surface area contributed by atoms with Gasteiger partial charge in [0.05, 0.1) is 6.54 Å². The molecule has 0 spiro atoms. The number of hydrogen-bond acceptors (Lipinski definition) is 3. The van der Waals surface area contributed by atoms with Crippen molar-refractivity contribution in [2.75, 3.05) is 6.54 Å². The highest BCUT2D eigenvalue weighted by molar-refractivity contribution is 14.1. The third-order valence-electron chi connectivity index (χ3n) is 3.71. The molecule has 112 valence electrons. The summed E-state index contributed by atoms with van der Waals surface area (Å²) < 4.78 is 1.22. The number of phenols is 1. The number of phenolic OH excluding ortho intramolecular Hbond substituents is 1. The van der Waals surface area contributed by atoms with Crippen LogP contribution in [0.2, 0.25) is 0 Å². The number of rotatable bonds is 3. The van der Waals surface area contributed by atoms with E-state index < -0.39 is 0 Å². The highest BCUT2D eigenvalue weighted by Gasteiger charge is 2.10. The van der Waals surface area contributed by atoms with Crippen molar-refractivity contribution < 1.29 is 5.11 Å². The van der Waals surface area contributed by atoms with Crippen LogP contribution in [-0.4, -0.2) is 17.9 Å². The summed E-state index contributed by atoms with van der Waals surface area (Å²) >= 11 is 2.33. The van der Waals surface area contributed by atoms with Crippen molar-refractivity contribution in [3.05, 3.63) is 68.4 Å². The standard InChI is InChI=1S/C18H17IN2O/c1-12-2-3-13(6-18(12)22)8-20-10-15-11-21-9-14-4-5-16(19)7-17(14)15/h2-7,9-10,20,22H,8,11H2,1H3/b15-10+. The van der Waals surface area contributed by atoms with Crippen LogP contribution in [0.3, 0.4) is 0 Å². The summed E-state index contributed by atoms with van der Waals surface area (Å²) in [4.78, 5) is 4.41. The number of fused-ring (bicyclic) bond motifs is 1. The number of benzene rings is 2. The molecule has 0 aliphatic carbocycles. The topological polar surface area (TPSA) is 44.6 Å². The van der Waals surface area contributed by atoms with E-state index in [9.17, 15) is 5.11 Å². The molecule has 0 saturated heterocycles. The lowest BCUT2D eigenvalue weighted by molar-refractivity contribution is 0.470. The van der Waals surface area contributed by atoms with Crippen LogP contribution in [0.25, 0.3) is 5.57 Å². The third kappa shape index (κ3) is 3.32. The van der Waals surface area contributed by atoms with E-state index in [1.54, 1.807) is 6.07 Å². The van der Waals surface area contributed by atoms with E-state index in [2.05, 4.69) is 51.1 Å². The maximum absolute atomic E-state index is 9.75. The first-order valence-electron chi connectivity index (χ1n) is 7.14. The van der Waals surface area contributed by atoms with Crippen LogP contribution in [0, 0.1) is 10.5 Å². The largest absolute Gasteiger partial charge is 0.508 e. The lowest BCUT2D eigenvalue weighted by Gasteiger charge is -2.15. The minimum absolute atomic E-state index is 0.342. The van der Waals surface area contributed by atoms with Crippen LogP contribution in [-0.2, 0) is 6.54 Å². The fraction of sp³-hybridized carbons (Fsp3) is 0.167. The van der Waals surface area contributed by atoms with Gasteiger partial charge in [-0.2, -0.15) is 0 Å². The molecule has 0 unspecified atom stereocenters. The minimum Gasteiger partial charge on any atom is -0.508 e. The maximum Gasteiger partial charge on any atom is 0.118 e. The van der Waals surface area contributed by atoms with Crippen molar-refractivity contribution in [3.8, 4) is 5.75 Å². The second kappa shape index (κ2) is 6.52. The SMILES string of the molecule is Cc1ccc(CN/C=C2\CN=Cc3ccc(I)cc32)cc1O. The minimum atomic E-state index is 0.342. The van der Waals surface area contributed by atoms with E-state index in [4.69, 9.17) is 0 Å². The zero-order chi connectivity index (χ0) is 15.5. The van der Waals surface area contributed by atoms with Gasteiger partial charge in [-0.3, -0.25) is 4.99 Å². The molecule has 0 fully saturated rings. The Kier molecular flexibility index (Phi) is 4.47. The average molecular weight is 404 g/mol. The van der Waals surface area contributed by atoms with E-state index in [-0.39, 0.29) is 0 Å². The average Bonchev–Trinajstić information content (AvgIpc) is 2.51. The Morgan fingerprint density at radius 3 is 2.95 bits per heavy atom. The van der Waals surface area contributed by atoms with Gasteiger partial charge in [-0.1, -0.05) is 18.2 Å². The maximum atomic E-state index is 9.75. The van der Waals surface area contributed by atoms with Crippen molar-refractivity contribution >= 4 is 34.4 Å². The molecule has 1 heterocycles. The number of hydrogen-bond donors (Lipinski definition) is 2. The summed E-state index contributed by atoms with van der Waals surface area (Å²) in [6.45, 7) is 3.27. The number of nitrogens with zero attached hydrogens (tertiary/aromatic N) is 1. The highest BCUT2D eigenvalue weighted by atomic mass is 127. The first-order chi connectivity index (χ1) is 10.6. The fourth-order valence-corrected chi connectivity index (χ4v) is 2.92. The van der Waals surface area contributed by atoms with E-state index in [0.29, 0.717) is 18.8 Å². The molecule has 0 amide bonds. The van der Waals surface area contributed by atoms with E-state index in [1.165, 1.54) is 14.7 Å². The van der Waals surface area contributed by atoms with Crippen molar-refractivity contribution in [1.82, 2.24) is 5.32 Å². The Morgan fingerprint density at radius 2 is 2.14 bits per heavy atom. The summed E-state index contributed by atoms with van der Waals surface area (Å²) in [6.07, 6.45) is 3.96. The Hall–Kier alpha value is -1.82. The number of halogens is 1. The van der Waals surface area contributed by atoms with Crippen molar-refractivity contribution in [1.29, 1.82) is 0 Å². The molecule has 4 heteroatoms. The third-order valence-corrected chi connectivity index (χ3v) is 4.38. The second-order valence-corrected chi connectivity index (χ2v) is 6.62. The molecule has 0 bridgehead atoms. The van der Waals surface area contributed by atoms with Gasteiger partial charge >= 0.3 is 0 Å². The van der Waals surface area contributed by atoms with Gasteiger partial charge in [-0.15, -0.1) is 0 Å². The van der Waals surface area contributed by atoms with Crippen molar-refractivity contribution in [2.24, 2.45) is 4.99 Å². The van der Waals surface area contributed by atoms with Gasteiger partial charge < -0.3 is 10.4 Å². The Morgan fingerprint density at radius 1 is 1.27 bits per heavy atom. The first-order valence-corrected chi connectivity index (χ1v) is 8.22. The fourth-order valence-electron chi connectivity index (χ4n) is 2.43. The van der Waals surface area contributed by atoms with E-state index >= 15 is 0 Å². The van der Waals surface area contributed by atoms with E-state index in [1.807, 2.05) is 31.5 Å². The molecule has 2 aromatic rings. The zero-order valence-electron chi connectivity index (χ0n) is 12.3. The molecule has 2 aromatic carbocycles. The lowest BCUT2D eigenvalue weighted by atomic mass is 9.99. The Balaban J connectivity index is 1.75. The molecule has 3 nitrogen and oxygen atoms in total. The number of aryl methyl sites for hydroxylation is 1. The number of nitrogens with one attached hydrogen (secondary N) is 1. The van der Waals surface area contributed by atoms with Gasteiger partial charge in [0.15, 0.2) is 0 Å².